The molecule has 25 heavy (non-hydrogen) atoms. The van der Waals surface area contributed by atoms with E-state index >= 15 is 0 Å². The molecule has 0 aliphatic carbocycles. The Kier molecular flexibility index (Phi) is 4.43. The first kappa shape index (κ1) is 16.9. The number of benzene rings is 1. The van der Waals surface area contributed by atoms with Crippen LogP contribution < -0.4 is 10.5 Å². The van der Waals surface area contributed by atoms with E-state index in [4.69, 9.17) is 10.5 Å². The number of ether oxygens (including phenoxy) is 1. The predicted octanol–water partition coefficient (Wildman–Crippen LogP) is 1.54. The lowest BCUT2D eigenvalue weighted by molar-refractivity contribution is 0.0961. The number of primary amides is 1. The summed E-state index contributed by atoms with van der Waals surface area (Å²) in [5.41, 5.74) is 6.43. The highest BCUT2D eigenvalue weighted by Crippen LogP contribution is 2.29. The van der Waals surface area contributed by atoms with Crippen LogP contribution in [0.5, 0.6) is 0 Å². The van der Waals surface area contributed by atoms with Gasteiger partial charge in [-0.2, -0.15) is 8.42 Å². The summed E-state index contributed by atoms with van der Waals surface area (Å²) in [5, 5.41) is 0.555. The Morgan fingerprint density at radius 2 is 2.08 bits per heavy atom. The van der Waals surface area contributed by atoms with Crippen molar-refractivity contribution in [1.82, 2.24) is 9.55 Å². The maximum Gasteiger partial charge on any atom is 0.279 e. The summed E-state index contributed by atoms with van der Waals surface area (Å²) >= 11 is 0. The van der Waals surface area contributed by atoms with Crippen molar-refractivity contribution in [2.45, 2.75) is 11.8 Å². The van der Waals surface area contributed by atoms with Gasteiger partial charge >= 0.3 is 0 Å². The van der Waals surface area contributed by atoms with E-state index in [2.05, 4.69) is 9.71 Å². The first-order valence-electron chi connectivity index (χ1n) is 7.29. The van der Waals surface area contributed by atoms with Crippen LogP contribution in [0.1, 0.15) is 10.5 Å². The normalized spacial score (nSPS) is 11.6. The number of fused-ring (bicyclic) bond motifs is 1. The lowest BCUT2D eigenvalue weighted by atomic mass is 10.2. The average Bonchev–Trinajstić information content (AvgIpc) is 2.96. The predicted molar refractivity (Wildman–Crippen MR) is 92.5 cm³/mol. The molecule has 9 heteroatoms. The number of nitrogens with two attached hydrogens (primary N) is 1. The largest absolute Gasteiger partial charge is 0.364 e. The summed E-state index contributed by atoms with van der Waals surface area (Å²) < 4.78 is 34.3. The fourth-order valence-electron chi connectivity index (χ4n) is 2.58. The quantitative estimate of drug-likeness (QED) is 0.692. The summed E-state index contributed by atoms with van der Waals surface area (Å²) in [6.07, 6.45) is 1.40. The molecular formula is C16H16N4O4S. The van der Waals surface area contributed by atoms with Crippen molar-refractivity contribution in [2.75, 3.05) is 11.8 Å². The molecule has 0 saturated heterocycles. The number of amides is 1. The summed E-state index contributed by atoms with van der Waals surface area (Å²) in [5.74, 6) is -0.633. The first-order valence-corrected chi connectivity index (χ1v) is 8.77. The monoisotopic (exact) mass is 360 g/mol. The number of carbonyl (C=O) groups excluding carboxylic acids is 1. The van der Waals surface area contributed by atoms with Crippen LogP contribution in [-0.2, 0) is 21.5 Å². The van der Waals surface area contributed by atoms with Gasteiger partial charge in [-0.05, 0) is 24.3 Å². The molecule has 2 aromatic heterocycles. The zero-order chi connectivity index (χ0) is 18.0. The highest BCUT2D eigenvalue weighted by atomic mass is 32.2. The van der Waals surface area contributed by atoms with E-state index in [-0.39, 0.29) is 17.5 Å². The lowest BCUT2D eigenvalue weighted by Gasteiger charge is -2.12. The van der Waals surface area contributed by atoms with Gasteiger partial charge in [0, 0.05) is 18.7 Å². The molecule has 0 aliphatic heterocycles. The standard InChI is InChI=1S/C16H16N4O4S/c1-24-10-20-13(16(17)21)9-11-5-4-6-12(15(11)20)19-25(22,23)14-7-2-3-8-18-14/h2-9,19H,10H2,1H3,(H2,17,21). The number of rotatable bonds is 6. The molecule has 2 heterocycles. The van der Waals surface area contributed by atoms with Crippen LogP contribution in [0.3, 0.4) is 0 Å². The molecule has 3 N–H and O–H groups in total. The topological polar surface area (TPSA) is 116 Å². The summed E-state index contributed by atoms with van der Waals surface area (Å²) in [4.78, 5) is 15.5. The molecule has 3 aromatic rings. The van der Waals surface area contributed by atoms with Crippen LogP contribution in [0.2, 0.25) is 0 Å². The van der Waals surface area contributed by atoms with Crippen molar-refractivity contribution in [1.29, 1.82) is 0 Å². The molecule has 0 radical (unpaired) electrons. The molecule has 0 spiro atoms. The van der Waals surface area contributed by atoms with Crippen molar-refractivity contribution in [3.63, 3.8) is 0 Å². The number of nitrogens with one attached hydrogen (secondary N) is 1. The van der Waals surface area contributed by atoms with Crippen molar-refractivity contribution < 1.29 is 17.9 Å². The van der Waals surface area contributed by atoms with Gasteiger partial charge in [-0.15, -0.1) is 0 Å². The van der Waals surface area contributed by atoms with Crippen LogP contribution >= 0.6 is 0 Å². The van der Waals surface area contributed by atoms with Gasteiger partial charge in [0.2, 0.25) is 0 Å². The Balaban J connectivity index is 2.15. The number of anilines is 1. The maximum atomic E-state index is 12.5. The Bertz CT molecular complexity index is 1030. The number of pyridine rings is 1. The third kappa shape index (κ3) is 3.19. The SMILES string of the molecule is COCn1c(C(N)=O)cc2cccc(NS(=O)(=O)c3ccccn3)c21. The molecule has 8 nitrogen and oxygen atoms in total. The van der Waals surface area contributed by atoms with E-state index in [1.807, 2.05) is 0 Å². The lowest BCUT2D eigenvalue weighted by Crippen LogP contribution is -2.18. The van der Waals surface area contributed by atoms with Crippen LogP contribution in [0.25, 0.3) is 10.9 Å². The number of hydrogen-bond donors (Lipinski definition) is 2. The second-order valence-corrected chi connectivity index (χ2v) is 6.89. The van der Waals surface area contributed by atoms with Gasteiger partial charge in [0.25, 0.3) is 15.9 Å². The Morgan fingerprint density at radius 3 is 2.72 bits per heavy atom. The second-order valence-electron chi connectivity index (χ2n) is 5.26. The molecule has 1 aromatic carbocycles. The Labute approximate surface area is 144 Å². The number of hydrogen-bond acceptors (Lipinski definition) is 5. The maximum absolute atomic E-state index is 12.5. The van der Waals surface area contributed by atoms with Gasteiger partial charge in [-0.3, -0.25) is 9.52 Å². The molecule has 3 rings (SSSR count). The molecule has 130 valence electrons. The molecular weight excluding hydrogens is 344 g/mol. The fraction of sp³-hybridized carbons (Fsp3) is 0.125. The number of nitrogens with zero attached hydrogens (tertiary/aromatic N) is 2. The van der Waals surface area contributed by atoms with Crippen LogP contribution in [0.15, 0.2) is 53.7 Å². The molecule has 1 amide bonds. The van der Waals surface area contributed by atoms with Crippen LogP contribution in [0.4, 0.5) is 5.69 Å². The minimum atomic E-state index is -3.88. The smallest absolute Gasteiger partial charge is 0.279 e. The number of para-hydroxylation sites is 1. The van der Waals surface area contributed by atoms with E-state index < -0.39 is 15.9 Å². The summed E-state index contributed by atoms with van der Waals surface area (Å²) in [6, 6.07) is 11.2. The van der Waals surface area contributed by atoms with Gasteiger partial charge in [0.05, 0.1) is 11.2 Å². The number of aromatic nitrogens is 2. The highest BCUT2D eigenvalue weighted by Gasteiger charge is 2.20. The third-order valence-corrected chi connectivity index (χ3v) is 4.87. The highest BCUT2D eigenvalue weighted by molar-refractivity contribution is 7.92. The van der Waals surface area contributed by atoms with E-state index in [1.165, 1.54) is 23.9 Å². The van der Waals surface area contributed by atoms with E-state index in [0.29, 0.717) is 16.6 Å². The zero-order valence-electron chi connectivity index (χ0n) is 13.3. The molecule has 0 aliphatic rings. The third-order valence-electron chi connectivity index (χ3n) is 3.59. The summed E-state index contributed by atoms with van der Waals surface area (Å²) in [7, 11) is -2.41. The molecule has 0 fully saturated rings. The summed E-state index contributed by atoms with van der Waals surface area (Å²) in [6.45, 7) is 0.0457. The molecule has 0 atom stereocenters. The number of sulfonamides is 1. The van der Waals surface area contributed by atoms with Crippen molar-refractivity contribution >= 4 is 32.5 Å². The Hall–Kier alpha value is -2.91. The van der Waals surface area contributed by atoms with Gasteiger partial charge in [0.1, 0.15) is 12.4 Å². The van der Waals surface area contributed by atoms with Crippen molar-refractivity contribution in [3.05, 3.63) is 54.4 Å². The van der Waals surface area contributed by atoms with Crippen molar-refractivity contribution in [2.24, 2.45) is 5.73 Å². The van der Waals surface area contributed by atoms with E-state index in [9.17, 15) is 13.2 Å². The minimum Gasteiger partial charge on any atom is -0.364 e. The molecule has 0 unspecified atom stereocenters. The zero-order valence-corrected chi connectivity index (χ0v) is 14.2. The van der Waals surface area contributed by atoms with E-state index in [0.717, 1.165) is 0 Å². The van der Waals surface area contributed by atoms with Gasteiger partial charge in [0.15, 0.2) is 5.03 Å². The van der Waals surface area contributed by atoms with Crippen LogP contribution in [-0.4, -0.2) is 31.0 Å². The Morgan fingerprint density at radius 1 is 1.28 bits per heavy atom. The second kappa shape index (κ2) is 6.54. The van der Waals surface area contributed by atoms with Gasteiger partial charge in [-0.1, -0.05) is 18.2 Å². The minimum absolute atomic E-state index is 0.0457. The molecule has 0 bridgehead atoms. The number of carbonyl (C=O) groups is 1. The fourth-order valence-corrected chi connectivity index (χ4v) is 3.59. The average molecular weight is 360 g/mol. The van der Waals surface area contributed by atoms with Gasteiger partial charge in [-0.25, -0.2) is 4.98 Å². The molecule has 0 saturated carbocycles. The van der Waals surface area contributed by atoms with Crippen molar-refractivity contribution in [3.8, 4) is 0 Å². The van der Waals surface area contributed by atoms with Crippen LogP contribution in [0, 0.1) is 0 Å². The first-order chi connectivity index (χ1) is 11.9. The number of methoxy groups -OCH3 is 1. The van der Waals surface area contributed by atoms with Gasteiger partial charge < -0.3 is 15.0 Å². The van der Waals surface area contributed by atoms with E-state index in [1.54, 1.807) is 36.4 Å².